The van der Waals surface area contributed by atoms with Gasteiger partial charge in [-0.1, -0.05) is 18.2 Å². The Hall–Kier alpha value is -2.37. The predicted octanol–water partition coefficient (Wildman–Crippen LogP) is 5.21. The van der Waals surface area contributed by atoms with Crippen LogP contribution in [0.2, 0.25) is 0 Å². The van der Waals surface area contributed by atoms with Gasteiger partial charge in [-0.2, -0.15) is 13.2 Å². The van der Waals surface area contributed by atoms with Crippen molar-refractivity contribution < 1.29 is 22.4 Å². The minimum Gasteiger partial charge on any atom is -0.329 e. The molecule has 0 radical (unpaired) electrons. The van der Waals surface area contributed by atoms with Crippen molar-refractivity contribution in [1.82, 2.24) is 4.90 Å². The number of carbonyl (C=O) groups is 1. The van der Waals surface area contributed by atoms with Crippen molar-refractivity contribution in [1.29, 1.82) is 0 Å². The highest BCUT2D eigenvalue weighted by atomic mass is 19.4. The number of hydrogen-bond donors (Lipinski definition) is 0. The van der Waals surface area contributed by atoms with Crippen molar-refractivity contribution in [3.8, 4) is 0 Å². The lowest BCUT2D eigenvalue weighted by molar-refractivity contribution is -0.137. The molecule has 6 heteroatoms. The number of halogens is 4. The molecule has 0 bridgehead atoms. The summed E-state index contributed by atoms with van der Waals surface area (Å²) in [5.41, 5.74) is -0.136. The lowest BCUT2D eigenvalue weighted by atomic mass is 10.0. The molecule has 0 spiro atoms. The van der Waals surface area contributed by atoms with Crippen LogP contribution in [0.15, 0.2) is 48.5 Å². The van der Waals surface area contributed by atoms with E-state index in [2.05, 4.69) is 0 Å². The van der Waals surface area contributed by atoms with E-state index in [1.807, 2.05) is 0 Å². The van der Waals surface area contributed by atoms with Crippen molar-refractivity contribution in [2.45, 2.75) is 38.0 Å². The number of hydrogen-bond acceptors (Lipinski definition) is 1. The Morgan fingerprint density at radius 3 is 2.40 bits per heavy atom. The molecule has 1 atom stereocenters. The van der Waals surface area contributed by atoms with Crippen LogP contribution in [-0.2, 0) is 6.18 Å². The quantitative estimate of drug-likeness (QED) is 0.693. The molecular formula is C19H17F4NO. The maximum Gasteiger partial charge on any atom is 0.416 e. The van der Waals surface area contributed by atoms with Crippen molar-refractivity contribution in [2.75, 3.05) is 0 Å². The van der Waals surface area contributed by atoms with Crippen LogP contribution in [0.5, 0.6) is 0 Å². The fourth-order valence-electron chi connectivity index (χ4n) is 2.92. The molecule has 25 heavy (non-hydrogen) atoms. The summed E-state index contributed by atoms with van der Waals surface area (Å²) in [6.45, 7) is 1.70. The van der Waals surface area contributed by atoms with Crippen LogP contribution < -0.4 is 0 Å². The number of alkyl halides is 3. The summed E-state index contributed by atoms with van der Waals surface area (Å²) in [6.07, 6.45) is -2.85. The van der Waals surface area contributed by atoms with E-state index in [1.165, 1.54) is 24.3 Å². The number of nitrogens with zero attached hydrogens (tertiary/aromatic N) is 1. The summed E-state index contributed by atoms with van der Waals surface area (Å²) in [5.74, 6) is -0.889. The topological polar surface area (TPSA) is 20.3 Å². The molecule has 1 fully saturated rings. The highest BCUT2D eigenvalue weighted by Gasteiger charge is 2.37. The highest BCUT2D eigenvalue weighted by molar-refractivity contribution is 5.95. The zero-order chi connectivity index (χ0) is 18.2. The van der Waals surface area contributed by atoms with E-state index in [-0.39, 0.29) is 17.5 Å². The lowest BCUT2D eigenvalue weighted by Crippen LogP contribution is -2.35. The van der Waals surface area contributed by atoms with Gasteiger partial charge < -0.3 is 4.90 Å². The Kier molecular flexibility index (Phi) is 4.54. The largest absolute Gasteiger partial charge is 0.416 e. The summed E-state index contributed by atoms with van der Waals surface area (Å²) < 4.78 is 52.3. The predicted molar refractivity (Wildman–Crippen MR) is 85.5 cm³/mol. The fourth-order valence-corrected chi connectivity index (χ4v) is 2.92. The van der Waals surface area contributed by atoms with E-state index in [4.69, 9.17) is 0 Å². The average molecular weight is 351 g/mol. The maximum atomic E-state index is 13.4. The second kappa shape index (κ2) is 6.50. The minimum absolute atomic E-state index is 0.0275. The first-order valence-electron chi connectivity index (χ1n) is 8.03. The van der Waals surface area contributed by atoms with Gasteiger partial charge in [0.25, 0.3) is 5.91 Å². The number of rotatable bonds is 4. The van der Waals surface area contributed by atoms with Crippen LogP contribution in [-0.4, -0.2) is 16.8 Å². The number of carbonyl (C=O) groups excluding carboxylic acids is 1. The maximum absolute atomic E-state index is 13.4. The van der Waals surface area contributed by atoms with Gasteiger partial charge in [0, 0.05) is 11.6 Å². The first-order valence-corrected chi connectivity index (χ1v) is 8.03. The summed E-state index contributed by atoms with van der Waals surface area (Å²) >= 11 is 0. The Balaban J connectivity index is 1.92. The minimum atomic E-state index is -4.44. The van der Waals surface area contributed by atoms with E-state index in [9.17, 15) is 22.4 Å². The SMILES string of the molecule is CC(c1cccc(C(F)(F)F)c1)N(C(=O)c1cccc(F)c1)C1CC1. The van der Waals surface area contributed by atoms with Gasteiger partial charge in [-0.25, -0.2) is 4.39 Å². The normalized spacial score (nSPS) is 15.7. The summed E-state index contributed by atoms with van der Waals surface area (Å²) in [5, 5.41) is 0. The molecule has 0 heterocycles. The second-order valence-corrected chi connectivity index (χ2v) is 6.25. The molecule has 1 aliphatic rings. The zero-order valence-electron chi connectivity index (χ0n) is 13.6. The van der Waals surface area contributed by atoms with Crippen molar-refractivity contribution in [2.24, 2.45) is 0 Å². The van der Waals surface area contributed by atoms with E-state index < -0.39 is 23.6 Å². The monoisotopic (exact) mass is 351 g/mol. The highest BCUT2D eigenvalue weighted by Crippen LogP contribution is 2.37. The molecule has 2 aromatic carbocycles. The van der Waals surface area contributed by atoms with Gasteiger partial charge in [0.1, 0.15) is 5.82 Å². The average Bonchev–Trinajstić information content (AvgIpc) is 3.39. The first-order chi connectivity index (χ1) is 11.8. The van der Waals surface area contributed by atoms with Crippen LogP contribution in [0, 0.1) is 5.82 Å². The van der Waals surface area contributed by atoms with Gasteiger partial charge in [0.2, 0.25) is 0 Å². The molecule has 1 saturated carbocycles. The molecule has 0 N–H and O–H groups in total. The van der Waals surface area contributed by atoms with Crippen LogP contribution in [0.4, 0.5) is 17.6 Å². The van der Waals surface area contributed by atoms with Crippen molar-refractivity contribution in [3.05, 3.63) is 71.0 Å². The third-order valence-electron chi connectivity index (χ3n) is 4.36. The van der Waals surface area contributed by atoms with E-state index in [0.29, 0.717) is 5.56 Å². The van der Waals surface area contributed by atoms with Crippen LogP contribution in [0.1, 0.15) is 47.3 Å². The third-order valence-corrected chi connectivity index (χ3v) is 4.36. The van der Waals surface area contributed by atoms with Crippen LogP contribution in [0.3, 0.4) is 0 Å². The van der Waals surface area contributed by atoms with Crippen molar-refractivity contribution in [3.63, 3.8) is 0 Å². The summed E-state index contributed by atoms with van der Waals surface area (Å²) in [7, 11) is 0. The molecule has 132 valence electrons. The molecule has 0 saturated heterocycles. The van der Waals surface area contributed by atoms with Gasteiger partial charge in [0.15, 0.2) is 0 Å². The molecule has 0 aliphatic heterocycles. The van der Waals surface area contributed by atoms with E-state index >= 15 is 0 Å². The molecule has 2 nitrogen and oxygen atoms in total. The smallest absolute Gasteiger partial charge is 0.329 e. The summed E-state index contributed by atoms with van der Waals surface area (Å²) in [4.78, 5) is 14.4. The van der Waals surface area contributed by atoms with Crippen molar-refractivity contribution >= 4 is 5.91 Å². The first kappa shape index (κ1) is 17.5. The van der Waals surface area contributed by atoms with Gasteiger partial charge >= 0.3 is 6.18 Å². The molecule has 0 aromatic heterocycles. The number of benzene rings is 2. The standard InChI is InChI=1S/C19H17F4NO/c1-12(13-4-2-6-15(10-13)19(21,22)23)24(17-8-9-17)18(25)14-5-3-7-16(20)11-14/h2-7,10-12,17H,8-9H2,1H3. The van der Waals surface area contributed by atoms with Gasteiger partial charge in [-0.05, 0) is 55.7 Å². The fraction of sp³-hybridized carbons (Fsp3) is 0.316. The van der Waals surface area contributed by atoms with Gasteiger partial charge in [0.05, 0.1) is 11.6 Å². The second-order valence-electron chi connectivity index (χ2n) is 6.25. The molecule has 1 unspecified atom stereocenters. The zero-order valence-corrected chi connectivity index (χ0v) is 13.6. The van der Waals surface area contributed by atoms with Crippen LogP contribution in [0.25, 0.3) is 0 Å². The third kappa shape index (κ3) is 3.83. The van der Waals surface area contributed by atoms with Crippen LogP contribution >= 0.6 is 0 Å². The molecule has 1 aliphatic carbocycles. The Morgan fingerprint density at radius 2 is 1.80 bits per heavy atom. The Labute approximate surface area is 143 Å². The molecule has 1 amide bonds. The van der Waals surface area contributed by atoms with Gasteiger partial charge in [-0.3, -0.25) is 4.79 Å². The molecular weight excluding hydrogens is 334 g/mol. The molecule has 2 aromatic rings. The van der Waals surface area contributed by atoms with E-state index in [1.54, 1.807) is 17.9 Å². The molecule has 3 rings (SSSR count). The Bertz CT molecular complexity index is 783. The number of amides is 1. The van der Waals surface area contributed by atoms with Gasteiger partial charge in [-0.15, -0.1) is 0 Å². The Morgan fingerprint density at radius 1 is 1.12 bits per heavy atom. The summed E-state index contributed by atoms with van der Waals surface area (Å²) in [6, 6.07) is 9.78. The lowest BCUT2D eigenvalue weighted by Gasteiger charge is -2.30. The van der Waals surface area contributed by atoms with E-state index in [0.717, 1.165) is 31.0 Å².